The smallest absolute Gasteiger partial charge is 0.238 e. The quantitative estimate of drug-likeness (QED) is 0.837. The van der Waals surface area contributed by atoms with E-state index in [1.54, 1.807) is 0 Å². The normalized spacial score (nSPS) is 10.7. The fourth-order valence-corrected chi connectivity index (χ4v) is 1.36. The number of nitrogens with one attached hydrogen (secondary N) is 2. The van der Waals surface area contributed by atoms with Gasteiger partial charge < -0.3 is 5.32 Å². The SMILES string of the molecule is C#CC(C)(C)NCC(=O)Nc1ccc(Br)cc1. The molecule has 3 nitrogen and oxygen atoms in total. The number of halogens is 1. The Morgan fingerprint density at radius 2 is 2.00 bits per heavy atom. The molecule has 0 unspecified atom stereocenters. The largest absolute Gasteiger partial charge is 0.325 e. The van der Waals surface area contributed by atoms with Crippen molar-refractivity contribution in [1.29, 1.82) is 0 Å². The maximum absolute atomic E-state index is 11.6. The predicted molar refractivity (Wildman–Crippen MR) is 73.7 cm³/mol. The summed E-state index contributed by atoms with van der Waals surface area (Å²) in [6, 6.07) is 7.39. The van der Waals surface area contributed by atoms with Crippen LogP contribution in [0.2, 0.25) is 0 Å². The first-order valence-electron chi connectivity index (χ1n) is 5.21. The number of amides is 1. The van der Waals surface area contributed by atoms with Crippen molar-refractivity contribution < 1.29 is 4.79 Å². The summed E-state index contributed by atoms with van der Waals surface area (Å²) < 4.78 is 0.974. The molecule has 0 atom stereocenters. The number of carbonyl (C=O) groups is 1. The fourth-order valence-electron chi connectivity index (χ4n) is 1.09. The van der Waals surface area contributed by atoms with Crippen LogP contribution in [-0.4, -0.2) is 18.0 Å². The lowest BCUT2D eigenvalue weighted by atomic mass is 10.1. The standard InChI is InChI=1S/C13H15BrN2O/c1-4-13(2,3)15-9-12(17)16-11-7-5-10(14)6-8-11/h1,5-8,15H,9H2,2-3H3,(H,16,17). The summed E-state index contributed by atoms with van der Waals surface area (Å²) in [5.74, 6) is 2.46. The molecule has 0 saturated carbocycles. The highest BCUT2D eigenvalue weighted by molar-refractivity contribution is 9.10. The highest BCUT2D eigenvalue weighted by Gasteiger charge is 2.14. The Labute approximate surface area is 110 Å². The first-order valence-corrected chi connectivity index (χ1v) is 6.00. The van der Waals surface area contributed by atoms with E-state index in [0.717, 1.165) is 10.2 Å². The van der Waals surface area contributed by atoms with Gasteiger partial charge >= 0.3 is 0 Å². The molecule has 1 amide bonds. The van der Waals surface area contributed by atoms with Gasteiger partial charge in [-0.05, 0) is 38.1 Å². The van der Waals surface area contributed by atoms with Crippen molar-refractivity contribution in [2.24, 2.45) is 0 Å². The zero-order chi connectivity index (χ0) is 12.9. The molecule has 90 valence electrons. The van der Waals surface area contributed by atoms with E-state index < -0.39 is 5.54 Å². The Morgan fingerprint density at radius 3 is 2.53 bits per heavy atom. The molecule has 0 bridgehead atoms. The fraction of sp³-hybridized carbons (Fsp3) is 0.308. The Balaban J connectivity index is 2.46. The molecule has 0 fully saturated rings. The second kappa shape index (κ2) is 5.85. The summed E-state index contributed by atoms with van der Waals surface area (Å²) >= 11 is 3.33. The molecule has 1 aromatic carbocycles. The highest BCUT2D eigenvalue weighted by Crippen LogP contribution is 2.13. The van der Waals surface area contributed by atoms with Gasteiger partial charge in [-0.15, -0.1) is 6.42 Å². The second-order valence-corrected chi connectivity index (χ2v) is 5.09. The van der Waals surface area contributed by atoms with Crippen LogP contribution in [0.3, 0.4) is 0 Å². The van der Waals surface area contributed by atoms with Crippen LogP contribution in [0, 0.1) is 12.3 Å². The number of anilines is 1. The molecule has 1 rings (SSSR count). The minimum absolute atomic E-state index is 0.115. The molecule has 17 heavy (non-hydrogen) atoms. The lowest BCUT2D eigenvalue weighted by Crippen LogP contribution is -2.42. The number of carbonyl (C=O) groups excluding carboxylic acids is 1. The van der Waals surface area contributed by atoms with Crippen LogP contribution in [0.15, 0.2) is 28.7 Å². The van der Waals surface area contributed by atoms with Crippen molar-refractivity contribution in [2.75, 3.05) is 11.9 Å². The molecular formula is C13H15BrN2O. The maximum atomic E-state index is 11.6. The summed E-state index contributed by atoms with van der Waals surface area (Å²) in [6.07, 6.45) is 5.31. The van der Waals surface area contributed by atoms with Crippen molar-refractivity contribution in [1.82, 2.24) is 5.32 Å². The van der Waals surface area contributed by atoms with Crippen molar-refractivity contribution >= 4 is 27.5 Å². The number of benzene rings is 1. The van der Waals surface area contributed by atoms with Crippen LogP contribution in [0.1, 0.15) is 13.8 Å². The molecule has 0 saturated heterocycles. The summed E-state index contributed by atoms with van der Waals surface area (Å²) in [6.45, 7) is 3.88. The number of rotatable bonds is 4. The van der Waals surface area contributed by atoms with Crippen molar-refractivity contribution in [3.8, 4) is 12.3 Å². The lowest BCUT2D eigenvalue weighted by molar-refractivity contribution is -0.115. The third kappa shape index (κ3) is 5.03. The third-order valence-electron chi connectivity index (χ3n) is 2.18. The van der Waals surface area contributed by atoms with Crippen LogP contribution in [0.4, 0.5) is 5.69 Å². The summed E-state index contributed by atoms with van der Waals surface area (Å²) in [5.41, 5.74) is 0.287. The van der Waals surface area contributed by atoms with Crippen LogP contribution in [0.25, 0.3) is 0 Å². The lowest BCUT2D eigenvalue weighted by Gasteiger charge is -2.19. The monoisotopic (exact) mass is 294 g/mol. The van der Waals surface area contributed by atoms with E-state index in [1.807, 2.05) is 38.1 Å². The molecule has 0 radical (unpaired) electrons. The topological polar surface area (TPSA) is 41.1 Å². The Hall–Kier alpha value is -1.31. The van der Waals surface area contributed by atoms with Gasteiger partial charge in [0.15, 0.2) is 0 Å². The Kier molecular flexibility index (Phi) is 4.73. The molecule has 0 aromatic heterocycles. The second-order valence-electron chi connectivity index (χ2n) is 4.18. The van der Waals surface area contributed by atoms with E-state index >= 15 is 0 Å². The van der Waals surface area contributed by atoms with E-state index in [1.165, 1.54) is 0 Å². The number of hydrogen-bond acceptors (Lipinski definition) is 2. The summed E-state index contributed by atoms with van der Waals surface area (Å²) in [5, 5.41) is 5.76. The molecule has 0 spiro atoms. The van der Waals surface area contributed by atoms with E-state index in [9.17, 15) is 4.79 Å². The number of hydrogen-bond donors (Lipinski definition) is 2. The zero-order valence-electron chi connectivity index (χ0n) is 9.88. The first-order chi connectivity index (χ1) is 7.93. The van der Waals surface area contributed by atoms with Gasteiger partial charge in [0.05, 0.1) is 12.1 Å². The Bertz CT molecular complexity index is 432. The average molecular weight is 295 g/mol. The molecule has 0 aliphatic rings. The van der Waals surface area contributed by atoms with Crippen LogP contribution >= 0.6 is 15.9 Å². The molecule has 0 aliphatic heterocycles. The van der Waals surface area contributed by atoms with Crippen LogP contribution in [-0.2, 0) is 4.79 Å². The molecule has 0 heterocycles. The summed E-state index contributed by atoms with van der Waals surface area (Å²) in [4.78, 5) is 11.6. The van der Waals surface area contributed by atoms with Gasteiger partial charge in [-0.25, -0.2) is 0 Å². The van der Waals surface area contributed by atoms with Crippen molar-refractivity contribution in [3.05, 3.63) is 28.7 Å². The average Bonchev–Trinajstić information content (AvgIpc) is 2.30. The maximum Gasteiger partial charge on any atom is 0.238 e. The minimum Gasteiger partial charge on any atom is -0.325 e. The van der Waals surface area contributed by atoms with E-state index in [0.29, 0.717) is 0 Å². The van der Waals surface area contributed by atoms with E-state index in [4.69, 9.17) is 6.42 Å². The van der Waals surface area contributed by atoms with Gasteiger partial charge in [-0.3, -0.25) is 10.1 Å². The van der Waals surface area contributed by atoms with Gasteiger partial charge in [-0.1, -0.05) is 21.9 Å². The zero-order valence-corrected chi connectivity index (χ0v) is 11.5. The Morgan fingerprint density at radius 1 is 1.41 bits per heavy atom. The van der Waals surface area contributed by atoms with Gasteiger partial charge in [0.25, 0.3) is 0 Å². The predicted octanol–water partition coefficient (Wildman–Crippen LogP) is 2.39. The van der Waals surface area contributed by atoms with Gasteiger partial charge in [0.2, 0.25) is 5.91 Å². The third-order valence-corrected chi connectivity index (χ3v) is 2.71. The first kappa shape index (κ1) is 13.8. The van der Waals surface area contributed by atoms with Crippen molar-refractivity contribution in [3.63, 3.8) is 0 Å². The number of terminal acetylenes is 1. The molecule has 2 N–H and O–H groups in total. The minimum atomic E-state index is -0.475. The highest BCUT2D eigenvalue weighted by atomic mass is 79.9. The van der Waals surface area contributed by atoms with Crippen LogP contribution < -0.4 is 10.6 Å². The van der Waals surface area contributed by atoms with Gasteiger partial charge in [-0.2, -0.15) is 0 Å². The molecule has 4 heteroatoms. The molecule has 0 aliphatic carbocycles. The molecule has 1 aromatic rings. The molecular weight excluding hydrogens is 280 g/mol. The summed E-state index contributed by atoms with van der Waals surface area (Å²) in [7, 11) is 0. The van der Waals surface area contributed by atoms with Gasteiger partial charge in [0, 0.05) is 10.2 Å². The van der Waals surface area contributed by atoms with E-state index in [-0.39, 0.29) is 12.5 Å². The van der Waals surface area contributed by atoms with E-state index in [2.05, 4.69) is 32.5 Å². The van der Waals surface area contributed by atoms with Gasteiger partial charge in [0.1, 0.15) is 0 Å². The van der Waals surface area contributed by atoms with Crippen LogP contribution in [0.5, 0.6) is 0 Å². The van der Waals surface area contributed by atoms with Crippen molar-refractivity contribution in [2.45, 2.75) is 19.4 Å².